The lowest BCUT2D eigenvalue weighted by atomic mass is 9.75. The SMILES string of the molecule is N#Cc1cc(Cl)ccc1OCC(=O)N1CCC(C#N)(Cc2ccc(F)cc2)CC1. The molecule has 0 radical (unpaired) electrons. The van der Waals surface area contributed by atoms with Gasteiger partial charge in [0.05, 0.1) is 17.0 Å². The molecule has 148 valence electrons. The lowest BCUT2D eigenvalue weighted by molar-refractivity contribution is -0.135. The highest BCUT2D eigenvalue weighted by Gasteiger charge is 2.36. The Bertz CT molecular complexity index is 971. The number of hydrogen-bond donors (Lipinski definition) is 0. The number of likely N-dealkylation sites (tertiary alicyclic amines) is 1. The minimum absolute atomic E-state index is 0.187. The minimum Gasteiger partial charge on any atom is -0.482 e. The summed E-state index contributed by atoms with van der Waals surface area (Å²) in [6, 6.07) is 15.2. The van der Waals surface area contributed by atoms with Crippen LogP contribution in [0.4, 0.5) is 4.39 Å². The molecule has 1 heterocycles. The summed E-state index contributed by atoms with van der Waals surface area (Å²) < 4.78 is 18.6. The summed E-state index contributed by atoms with van der Waals surface area (Å²) in [5, 5.41) is 19.3. The number of ether oxygens (including phenoxy) is 1. The Morgan fingerprint density at radius 1 is 1.17 bits per heavy atom. The Balaban J connectivity index is 1.57. The summed E-state index contributed by atoms with van der Waals surface area (Å²) in [6.07, 6.45) is 1.60. The van der Waals surface area contributed by atoms with Crippen molar-refractivity contribution in [2.24, 2.45) is 5.41 Å². The van der Waals surface area contributed by atoms with Crippen LogP contribution in [0.1, 0.15) is 24.0 Å². The molecule has 1 fully saturated rings. The van der Waals surface area contributed by atoms with Gasteiger partial charge in [0.25, 0.3) is 5.91 Å². The molecule has 3 rings (SSSR count). The van der Waals surface area contributed by atoms with Gasteiger partial charge in [-0.1, -0.05) is 23.7 Å². The van der Waals surface area contributed by atoms with Crippen LogP contribution in [0.15, 0.2) is 42.5 Å². The maximum atomic E-state index is 13.1. The van der Waals surface area contributed by atoms with Crippen molar-refractivity contribution in [3.8, 4) is 17.9 Å². The normalized spacial score (nSPS) is 15.2. The fraction of sp³-hybridized carbons (Fsp3) is 0.318. The van der Waals surface area contributed by atoms with Crippen molar-refractivity contribution in [2.75, 3.05) is 19.7 Å². The second kappa shape index (κ2) is 8.94. The van der Waals surface area contributed by atoms with Crippen molar-refractivity contribution in [3.63, 3.8) is 0 Å². The van der Waals surface area contributed by atoms with Gasteiger partial charge in [-0.2, -0.15) is 10.5 Å². The third-order valence-electron chi connectivity index (χ3n) is 5.18. The number of carbonyl (C=O) groups is 1. The highest BCUT2D eigenvalue weighted by Crippen LogP contribution is 2.34. The zero-order valence-corrected chi connectivity index (χ0v) is 16.5. The number of amides is 1. The van der Waals surface area contributed by atoms with Gasteiger partial charge in [0, 0.05) is 18.1 Å². The maximum absolute atomic E-state index is 13.1. The van der Waals surface area contributed by atoms with E-state index >= 15 is 0 Å². The number of hydrogen-bond acceptors (Lipinski definition) is 4. The topological polar surface area (TPSA) is 77.1 Å². The molecule has 0 spiro atoms. The predicted molar refractivity (Wildman–Crippen MR) is 106 cm³/mol. The number of nitriles is 2. The third-order valence-corrected chi connectivity index (χ3v) is 5.41. The molecule has 1 aliphatic heterocycles. The van der Waals surface area contributed by atoms with Crippen molar-refractivity contribution in [2.45, 2.75) is 19.3 Å². The summed E-state index contributed by atoms with van der Waals surface area (Å²) in [6.45, 7) is 0.708. The number of nitrogens with zero attached hydrogens (tertiary/aromatic N) is 3. The molecule has 0 unspecified atom stereocenters. The second-order valence-electron chi connectivity index (χ2n) is 7.12. The first-order valence-corrected chi connectivity index (χ1v) is 9.58. The molecule has 0 saturated carbocycles. The summed E-state index contributed by atoms with van der Waals surface area (Å²) in [5.74, 6) is -0.192. The maximum Gasteiger partial charge on any atom is 0.260 e. The molecular weight excluding hydrogens is 393 g/mol. The first-order chi connectivity index (χ1) is 13.9. The van der Waals surface area contributed by atoms with Crippen LogP contribution < -0.4 is 4.74 Å². The van der Waals surface area contributed by atoms with Crippen LogP contribution >= 0.6 is 11.6 Å². The summed E-state index contributed by atoms with van der Waals surface area (Å²) >= 11 is 5.86. The van der Waals surface area contributed by atoms with E-state index in [1.807, 2.05) is 6.07 Å². The van der Waals surface area contributed by atoms with Gasteiger partial charge in [-0.3, -0.25) is 4.79 Å². The highest BCUT2D eigenvalue weighted by molar-refractivity contribution is 6.30. The third kappa shape index (κ3) is 5.04. The molecule has 1 aliphatic rings. The average molecular weight is 412 g/mol. The van der Waals surface area contributed by atoms with Crippen LogP contribution in [0.25, 0.3) is 0 Å². The quantitative estimate of drug-likeness (QED) is 0.742. The van der Waals surface area contributed by atoms with Gasteiger partial charge in [-0.05, 0) is 55.2 Å². The first-order valence-electron chi connectivity index (χ1n) is 9.21. The smallest absolute Gasteiger partial charge is 0.260 e. The van der Waals surface area contributed by atoms with E-state index in [1.165, 1.54) is 18.2 Å². The van der Waals surface area contributed by atoms with Crippen molar-refractivity contribution in [1.29, 1.82) is 10.5 Å². The second-order valence-corrected chi connectivity index (χ2v) is 7.55. The average Bonchev–Trinajstić information content (AvgIpc) is 2.74. The van der Waals surface area contributed by atoms with Crippen LogP contribution in [0, 0.1) is 33.9 Å². The minimum atomic E-state index is -0.570. The predicted octanol–water partition coefficient (Wildman–Crippen LogP) is 4.10. The molecule has 7 heteroatoms. The number of piperidine rings is 1. The summed E-state index contributed by atoms with van der Waals surface area (Å²) in [7, 11) is 0. The van der Waals surface area contributed by atoms with Gasteiger partial charge in [0.1, 0.15) is 17.6 Å². The molecule has 1 saturated heterocycles. The van der Waals surface area contributed by atoms with E-state index in [2.05, 4.69) is 6.07 Å². The van der Waals surface area contributed by atoms with Crippen molar-refractivity contribution < 1.29 is 13.9 Å². The van der Waals surface area contributed by atoms with Gasteiger partial charge in [-0.25, -0.2) is 4.39 Å². The van der Waals surface area contributed by atoms with Crippen LogP contribution in [-0.2, 0) is 11.2 Å². The Morgan fingerprint density at radius 2 is 1.86 bits per heavy atom. The summed E-state index contributed by atoms with van der Waals surface area (Å²) in [5.41, 5.74) is 0.606. The molecule has 1 amide bonds. The van der Waals surface area contributed by atoms with E-state index in [0.29, 0.717) is 43.1 Å². The molecule has 0 aliphatic carbocycles. The fourth-order valence-corrected chi connectivity index (χ4v) is 3.62. The molecular formula is C22H19ClFN3O2. The molecule has 0 atom stereocenters. The van der Waals surface area contributed by atoms with Crippen LogP contribution in [0.5, 0.6) is 5.75 Å². The van der Waals surface area contributed by atoms with Gasteiger partial charge < -0.3 is 9.64 Å². The van der Waals surface area contributed by atoms with Crippen molar-refractivity contribution in [1.82, 2.24) is 4.90 Å². The van der Waals surface area contributed by atoms with Crippen LogP contribution in [-0.4, -0.2) is 30.5 Å². The molecule has 29 heavy (non-hydrogen) atoms. The van der Waals surface area contributed by atoms with E-state index in [9.17, 15) is 14.4 Å². The zero-order valence-electron chi connectivity index (χ0n) is 15.7. The molecule has 5 nitrogen and oxygen atoms in total. The lowest BCUT2D eigenvalue weighted by Crippen LogP contribution is -2.45. The number of halogens is 2. The Kier molecular flexibility index (Phi) is 6.36. The zero-order chi connectivity index (χ0) is 20.9. The van der Waals surface area contributed by atoms with E-state index in [4.69, 9.17) is 21.6 Å². The van der Waals surface area contributed by atoms with Gasteiger partial charge in [0.2, 0.25) is 0 Å². The van der Waals surface area contributed by atoms with E-state index in [-0.39, 0.29) is 23.9 Å². The van der Waals surface area contributed by atoms with Gasteiger partial charge in [0.15, 0.2) is 6.61 Å². The molecule has 2 aromatic carbocycles. The number of carbonyl (C=O) groups excluding carboxylic acids is 1. The van der Waals surface area contributed by atoms with E-state index in [0.717, 1.165) is 5.56 Å². The van der Waals surface area contributed by atoms with Crippen LogP contribution in [0.3, 0.4) is 0 Å². The van der Waals surface area contributed by atoms with Crippen molar-refractivity contribution >= 4 is 17.5 Å². The molecule has 0 aromatic heterocycles. The van der Waals surface area contributed by atoms with E-state index in [1.54, 1.807) is 29.2 Å². The standard InChI is InChI=1S/C22H19ClFN3O2/c23-18-3-6-20(17(11-18)13-25)29-14-21(28)27-9-7-22(15-26,8-10-27)12-16-1-4-19(24)5-2-16/h1-6,11H,7-10,12,14H2. The highest BCUT2D eigenvalue weighted by atomic mass is 35.5. The van der Waals surface area contributed by atoms with Gasteiger partial charge in [-0.15, -0.1) is 0 Å². The fourth-order valence-electron chi connectivity index (χ4n) is 3.45. The van der Waals surface area contributed by atoms with E-state index < -0.39 is 5.41 Å². The molecule has 0 N–H and O–H groups in total. The van der Waals surface area contributed by atoms with Crippen molar-refractivity contribution in [3.05, 3.63) is 64.4 Å². The Morgan fingerprint density at radius 3 is 2.48 bits per heavy atom. The summed E-state index contributed by atoms with van der Waals surface area (Å²) in [4.78, 5) is 14.2. The molecule has 2 aromatic rings. The van der Waals surface area contributed by atoms with Crippen LogP contribution in [0.2, 0.25) is 5.02 Å². The number of rotatable bonds is 5. The first kappa shape index (κ1) is 20.6. The Hall–Kier alpha value is -3.09. The Labute approximate surface area is 173 Å². The monoisotopic (exact) mass is 411 g/mol. The lowest BCUT2D eigenvalue weighted by Gasteiger charge is -2.37. The molecule has 0 bridgehead atoms. The largest absolute Gasteiger partial charge is 0.482 e. The number of benzene rings is 2. The van der Waals surface area contributed by atoms with Gasteiger partial charge >= 0.3 is 0 Å².